The Kier molecular flexibility index (Phi) is 7.42. The molecule has 1 heterocycles. The minimum absolute atomic E-state index is 0.109. The smallest absolute Gasteiger partial charge is 0.223 e. The number of amides is 1. The Balaban J connectivity index is 1.95. The zero-order valence-corrected chi connectivity index (χ0v) is 11.0. The van der Waals surface area contributed by atoms with Crippen LogP contribution in [0.25, 0.3) is 0 Å². The number of rotatable bonds is 9. The minimum Gasteiger partial charge on any atom is -0.340 e. The summed E-state index contributed by atoms with van der Waals surface area (Å²) in [4.78, 5) is 13.4. The third kappa shape index (κ3) is 5.50. The molecule has 0 aromatic heterocycles. The fraction of sp³-hybridized carbons (Fsp3) is 0.769. The molecule has 1 fully saturated rings. The van der Waals surface area contributed by atoms with E-state index in [0.29, 0.717) is 13.0 Å². The lowest BCUT2D eigenvalue weighted by molar-refractivity contribution is -0.127. The van der Waals surface area contributed by atoms with Crippen molar-refractivity contribution in [2.24, 2.45) is 11.7 Å². The monoisotopic (exact) mass is 252 g/mol. The fourth-order valence-electron chi connectivity index (χ4n) is 2.00. The van der Waals surface area contributed by atoms with E-state index >= 15 is 0 Å². The molecule has 4 N–H and O–H groups in total. The predicted octanol–water partition coefficient (Wildman–Crippen LogP) is -1.00. The predicted molar refractivity (Wildman–Crippen MR) is 72.9 cm³/mol. The first-order valence-corrected chi connectivity index (χ1v) is 6.63. The summed E-state index contributed by atoms with van der Waals surface area (Å²) in [5, 5.41) is 6.56. The molecule has 0 aliphatic carbocycles. The zero-order chi connectivity index (χ0) is 13.2. The van der Waals surface area contributed by atoms with E-state index in [1.807, 2.05) is 4.90 Å². The zero-order valence-electron chi connectivity index (χ0n) is 11.0. The Labute approximate surface area is 109 Å². The van der Waals surface area contributed by atoms with Crippen LogP contribution < -0.4 is 16.4 Å². The Bertz CT molecular complexity index is 287. The summed E-state index contributed by atoms with van der Waals surface area (Å²) in [6.45, 7) is 5.79. The molecule has 1 aliphatic heterocycles. The molecule has 0 saturated carbocycles. The highest BCUT2D eigenvalue weighted by Gasteiger charge is 2.27. The van der Waals surface area contributed by atoms with Crippen molar-refractivity contribution in [2.75, 3.05) is 45.8 Å². The number of terminal acetylenes is 1. The van der Waals surface area contributed by atoms with E-state index in [-0.39, 0.29) is 11.8 Å². The van der Waals surface area contributed by atoms with Crippen molar-refractivity contribution in [2.45, 2.75) is 12.8 Å². The van der Waals surface area contributed by atoms with Crippen LogP contribution in [0.15, 0.2) is 0 Å². The van der Waals surface area contributed by atoms with E-state index in [4.69, 9.17) is 12.2 Å². The van der Waals surface area contributed by atoms with Gasteiger partial charge < -0.3 is 21.3 Å². The lowest BCUT2D eigenvalue weighted by Gasteiger charge is -2.16. The normalized spacial score (nSPS) is 19.2. The summed E-state index contributed by atoms with van der Waals surface area (Å²) < 4.78 is 0. The van der Waals surface area contributed by atoms with Crippen molar-refractivity contribution < 1.29 is 4.79 Å². The Morgan fingerprint density at radius 2 is 2.06 bits per heavy atom. The molecule has 1 aliphatic rings. The molecule has 1 atom stereocenters. The molecule has 1 saturated heterocycles. The van der Waals surface area contributed by atoms with Crippen molar-refractivity contribution in [1.29, 1.82) is 0 Å². The first-order chi connectivity index (χ1) is 8.77. The Hall–Kier alpha value is -1.09. The number of nitrogens with one attached hydrogen (secondary N) is 2. The molecular formula is C13H24N4O. The highest BCUT2D eigenvalue weighted by atomic mass is 16.2. The van der Waals surface area contributed by atoms with E-state index in [1.54, 1.807) is 0 Å². The van der Waals surface area contributed by atoms with Gasteiger partial charge in [-0.05, 0) is 19.5 Å². The third-order valence-electron chi connectivity index (χ3n) is 3.04. The second-order valence-electron chi connectivity index (χ2n) is 4.55. The van der Waals surface area contributed by atoms with Crippen LogP contribution >= 0.6 is 0 Å². The fourth-order valence-corrected chi connectivity index (χ4v) is 2.00. The van der Waals surface area contributed by atoms with Gasteiger partial charge in [-0.3, -0.25) is 4.79 Å². The number of nitrogens with zero attached hydrogens (tertiary/aromatic N) is 1. The van der Waals surface area contributed by atoms with Crippen LogP contribution in [0.1, 0.15) is 12.8 Å². The molecule has 0 radical (unpaired) electrons. The molecule has 1 unspecified atom stereocenters. The van der Waals surface area contributed by atoms with E-state index in [1.165, 1.54) is 0 Å². The average Bonchev–Trinajstić information content (AvgIpc) is 2.73. The van der Waals surface area contributed by atoms with E-state index < -0.39 is 0 Å². The molecule has 102 valence electrons. The molecule has 5 nitrogen and oxygen atoms in total. The molecule has 0 bridgehead atoms. The summed E-state index contributed by atoms with van der Waals surface area (Å²) in [7, 11) is 0. The summed E-state index contributed by atoms with van der Waals surface area (Å²) in [5.41, 5.74) is 5.37. The second-order valence-corrected chi connectivity index (χ2v) is 4.55. The molecule has 0 aromatic carbocycles. The number of hydrogen-bond acceptors (Lipinski definition) is 4. The van der Waals surface area contributed by atoms with Crippen molar-refractivity contribution in [1.82, 2.24) is 15.5 Å². The SMILES string of the molecule is C#CC1CC(=O)N(CCNCCCNCCN)C1. The summed E-state index contributed by atoms with van der Waals surface area (Å²) >= 11 is 0. The Morgan fingerprint density at radius 3 is 2.67 bits per heavy atom. The first-order valence-electron chi connectivity index (χ1n) is 6.63. The lowest BCUT2D eigenvalue weighted by atomic mass is 10.1. The molecular weight excluding hydrogens is 228 g/mol. The van der Waals surface area contributed by atoms with Gasteiger partial charge in [0, 0.05) is 45.1 Å². The van der Waals surface area contributed by atoms with Gasteiger partial charge in [0.2, 0.25) is 5.91 Å². The van der Waals surface area contributed by atoms with Crippen LogP contribution in [0.2, 0.25) is 0 Å². The largest absolute Gasteiger partial charge is 0.340 e. The van der Waals surface area contributed by atoms with Crippen LogP contribution in [-0.2, 0) is 4.79 Å². The summed E-state index contributed by atoms with van der Waals surface area (Å²) in [5.74, 6) is 2.95. The van der Waals surface area contributed by atoms with E-state index in [9.17, 15) is 4.79 Å². The van der Waals surface area contributed by atoms with Gasteiger partial charge in [0.25, 0.3) is 0 Å². The molecule has 1 amide bonds. The minimum atomic E-state index is 0.109. The summed E-state index contributed by atoms with van der Waals surface area (Å²) in [6.07, 6.45) is 6.92. The van der Waals surface area contributed by atoms with Gasteiger partial charge in [-0.25, -0.2) is 0 Å². The topological polar surface area (TPSA) is 70.4 Å². The van der Waals surface area contributed by atoms with Gasteiger partial charge in [-0.15, -0.1) is 12.3 Å². The van der Waals surface area contributed by atoms with Gasteiger partial charge >= 0.3 is 0 Å². The van der Waals surface area contributed by atoms with Crippen LogP contribution in [0, 0.1) is 18.3 Å². The van der Waals surface area contributed by atoms with Crippen molar-refractivity contribution >= 4 is 5.91 Å². The first kappa shape index (κ1) is 15.0. The highest BCUT2D eigenvalue weighted by Crippen LogP contribution is 2.15. The number of likely N-dealkylation sites (tertiary alicyclic amines) is 1. The molecule has 1 rings (SSSR count). The number of carbonyl (C=O) groups excluding carboxylic acids is 1. The van der Waals surface area contributed by atoms with E-state index in [2.05, 4.69) is 16.6 Å². The maximum absolute atomic E-state index is 11.6. The quantitative estimate of drug-likeness (QED) is 0.363. The van der Waals surface area contributed by atoms with Crippen LogP contribution in [0.4, 0.5) is 0 Å². The number of hydrogen-bond donors (Lipinski definition) is 3. The van der Waals surface area contributed by atoms with Crippen molar-refractivity contribution in [3.05, 3.63) is 0 Å². The molecule has 18 heavy (non-hydrogen) atoms. The third-order valence-corrected chi connectivity index (χ3v) is 3.04. The molecule has 5 heteroatoms. The second kappa shape index (κ2) is 8.92. The number of carbonyl (C=O) groups is 1. The average molecular weight is 252 g/mol. The van der Waals surface area contributed by atoms with Gasteiger partial charge in [0.1, 0.15) is 0 Å². The summed E-state index contributed by atoms with van der Waals surface area (Å²) in [6, 6.07) is 0. The molecule has 0 aromatic rings. The van der Waals surface area contributed by atoms with Gasteiger partial charge in [0.05, 0.1) is 0 Å². The van der Waals surface area contributed by atoms with Gasteiger partial charge in [0.15, 0.2) is 0 Å². The van der Waals surface area contributed by atoms with E-state index in [0.717, 1.165) is 45.7 Å². The van der Waals surface area contributed by atoms with Gasteiger partial charge in [-0.2, -0.15) is 0 Å². The number of nitrogens with two attached hydrogens (primary N) is 1. The van der Waals surface area contributed by atoms with Crippen LogP contribution in [-0.4, -0.2) is 56.6 Å². The van der Waals surface area contributed by atoms with Crippen molar-refractivity contribution in [3.8, 4) is 12.3 Å². The van der Waals surface area contributed by atoms with Crippen LogP contribution in [0.5, 0.6) is 0 Å². The maximum Gasteiger partial charge on any atom is 0.223 e. The van der Waals surface area contributed by atoms with Crippen LogP contribution in [0.3, 0.4) is 0 Å². The Morgan fingerprint density at radius 1 is 1.33 bits per heavy atom. The highest BCUT2D eigenvalue weighted by molar-refractivity contribution is 5.79. The lowest BCUT2D eigenvalue weighted by Crippen LogP contribution is -2.34. The standard InChI is InChI=1S/C13H24N4O/c1-2-12-10-13(18)17(11-12)9-8-16-6-3-5-15-7-4-14/h1,12,15-16H,3-11,14H2. The van der Waals surface area contributed by atoms with Crippen molar-refractivity contribution in [3.63, 3.8) is 0 Å². The van der Waals surface area contributed by atoms with Gasteiger partial charge in [-0.1, -0.05) is 0 Å². The maximum atomic E-state index is 11.6. The molecule has 0 spiro atoms.